The topological polar surface area (TPSA) is 15.3 Å². The summed E-state index contributed by atoms with van der Waals surface area (Å²) in [7, 11) is 0. The first-order chi connectivity index (χ1) is 8.08. The van der Waals surface area contributed by atoms with Gasteiger partial charge in [0, 0.05) is 37.4 Å². The van der Waals surface area contributed by atoms with Crippen LogP contribution < -0.4 is 10.2 Å². The normalized spacial score (nSPS) is 21.0. The van der Waals surface area contributed by atoms with Gasteiger partial charge >= 0.3 is 0 Å². The summed E-state index contributed by atoms with van der Waals surface area (Å²) in [6.07, 6.45) is 0. The number of anilines is 1. The minimum atomic E-state index is -0.788. The van der Waals surface area contributed by atoms with Crippen LogP contribution in [0.25, 0.3) is 0 Å². The van der Waals surface area contributed by atoms with Gasteiger partial charge in [0.1, 0.15) is 0 Å². The van der Waals surface area contributed by atoms with Gasteiger partial charge in [0.2, 0.25) is 0 Å². The molecule has 1 saturated heterocycles. The molecule has 0 amide bonds. The molecule has 1 unspecified atom stereocenters. The molecular formula is C13H18F2N2. The molecule has 4 heteroatoms. The third-order valence-corrected chi connectivity index (χ3v) is 3.28. The Morgan fingerprint density at radius 2 is 2.06 bits per heavy atom. The van der Waals surface area contributed by atoms with Gasteiger partial charge in [-0.3, -0.25) is 0 Å². The van der Waals surface area contributed by atoms with Crippen LogP contribution in [-0.2, 0) is 0 Å². The van der Waals surface area contributed by atoms with Crippen LogP contribution in [-0.4, -0.2) is 25.7 Å². The van der Waals surface area contributed by atoms with Crippen molar-refractivity contribution in [1.82, 2.24) is 5.32 Å². The van der Waals surface area contributed by atoms with Crippen LogP contribution in [0.4, 0.5) is 14.5 Å². The Hall–Kier alpha value is -1.16. The number of halogens is 2. The quantitative estimate of drug-likeness (QED) is 0.854. The van der Waals surface area contributed by atoms with Crippen molar-refractivity contribution in [3.05, 3.63) is 29.8 Å². The van der Waals surface area contributed by atoms with E-state index in [0.29, 0.717) is 12.0 Å². The first-order valence-corrected chi connectivity index (χ1v) is 6.01. The lowest BCUT2D eigenvalue weighted by Crippen LogP contribution is -2.53. The van der Waals surface area contributed by atoms with E-state index in [9.17, 15) is 8.78 Å². The van der Waals surface area contributed by atoms with Crippen molar-refractivity contribution in [2.75, 3.05) is 24.5 Å². The fraction of sp³-hybridized carbons (Fsp3) is 0.538. The van der Waals surface area contributed by atoms with Crippen LogP contribution in [0.2, 0.25) is 0 Å². The third-order valence-electron chi connectivity index (χ3n) is 3.28. The van der Waals surface area contributed by atoms with Gasteiger partial charge < -0.3 is 10.2 Å². The van der Waals surface area contributed by atoms with E-state index in [4.69, 9.17) is 0 Å². The molecule has 0 radical (unpaired) electrons. The highest BCUT2D eigenvalue weighted by atomic mass is 19.2. The molecule has 0 spiro atoms. The Bertz CT molecular complexity index is 393. The number of rotatable bonds is 2. The van der Waals surface area contributed by atoms with Gasteiger partial charge in [-0.2, -0.15) is 0 Å². The van der Waals surface area contributed by atoms with E-state index in [1.807, 2.05) is 0 Å². The molecule has 1 atom stereocenters. The summed E-state index contributed by atoms with van der Waals surface area (Å²) >= 11 is 0. The maximum Gasteiger partial charge on any atom is 0.160 e. The molecule has 2 nitrogen and oxygen atoms in total. The van der Waals surface area contributed by atoms with Crippen molar-refractivity contribution >= 4 is 5.69 Å². The molecule has 94 valence electrons. The Balaban J connectivity index is 2.13. The number of hydrogen-bond donors (Lipinski definition) is 1. The molecule has 2 rings (SSSR count). The highest BCUT2D eigenvalue weighted by Crippen LogP contribution is 2.20. The summed E-state index contributed by atoms with van der Waals surface area (Å²) in [6, 6.07) is 4.51. The van der Waals surface area contributed by atoms with Crippen LogP contribution in [0.1, 0.15) is 13.8 Å². The summed E-state index contributed by atoms with van der Waals surface area (Å²) in [5, 5.41) is 3.43. The number of piperazine rings is 1. The van der Waals surface area contributed by atoms with Crippen LogP contribution in [0, 0.1) is 17.6 Å². The average molecular weight is 240 g/mol. The van der Waals surface area contributed by atoms with Crippen molar-refractivity contribution in [2.45, 2.75) is 19.9 Å². The van der Waals surface area contributed by atoms with Crippen molar-refractivity contribution in [3.8, 4) is 0 Å². The maximum atomic E-state index is 13.2. The van der Waals surface area contributed by atoms with Gasteiger partial charge in [0.05, 0.1) is 0 Å². The van der Waals surface area contributed by atoms with Gasteiger partial charge in [-0.15, -0.1) is 0 Å². The zero-order chi connectivity index (χ0) is 12.4. The summed E-state index contributed by atoms with van der Waals surface area (Å²) in [6.45, 7) is 6.86. The predicted molar refractivity (Wildman–Crippen MR) is 65.2 cm³/mol. The van der Waals surface area contributed by atoms with Crippen LogP contribution in [0.15, 0.2) is 18.2 Å². The van der Waals surface area contributed by atoms with Crippen molar-refractivity contribution in [1.29, 1.82) is 0 Å². The fourth-order valence-corrected chi connectivity index (χ4v) is 2.14. The van der Waals surface area contributed by atoms with Gasteiger partial charge in [0.15, 0.2) is 11.6 Å². The second kappa shape index (κ2) is 5.00. The van der Waals surface area contributed by atoms with Crippen molar-refractivity contribution in [3.63, 3.8) is 0 Å². The largest absolute Gasteiger partial charge is 0.369 e. The van der Waals surface area contributed by atoms with Gasteiger partial charge in [0.25, 0.3) is 0 Å². The zero-order valence-corrected chi connectivity index (χ0v) is 10.2. The predicted octanol–water partition coefficient (Wildman–Crippen LogP) is 2.40. The number of nitrogens with one attached hydrogen (secondary N) is 1. The highest BCUT2D eigenvalue weighted by molar-refractivity contribution is 5.47. The smallest absolute Gasteiger partial charge is 0.160 e. The van der Waals surface area contributed by atoms with Crippen molar-refractivity contribution in [2.24, 2.45) is 5.92 Å². The van der Waals surface area contributed by atoms with E-state index in [1.54, 1.807) is 6.07 Å². The maximum absolute atomic E-state index is 13.2. The summed E-state index contributed by atoms with van der Waals surface area (Å²) in [5.74, 6) is -1.03. The lowest BCUT2D eigenvalue weighted by Gasteiger charge is -2.37. The SMILES string of the molecule is CC(C)C1CN(c2ccc(F)c(F)c2)CCN1. The Kier molecular flexibility index (Phi) is 3.62. The van der Waals surface area contributed by atoms with Crippen molar-refractivity contribution < 1.29 is 8.78 Å². The molecule has 1 N–H and O–H groups in total. The summed E-state index contributed by atoms with van der Waals surface area (Å²) in [5.41, 5.74) is 0.760. The first-order valence-electron chi connectivity index (χ1n) is 6.01. The molecule has 0 aliphatic carbocycles. The molecule has 1 fully saturated rings. The van der Waals surface area contributed by atoms with E-state index in [2.05, 4.69) is 24.1 Å². The third kappa shape index (κ3) is 2.75. The van der Waals surface area contributed by atoms with E-state index in [1.165, 1.54) is 12.1 Å². The van der Waals surface area contributed by atoms with E-state index < -0.39 is 11.6 Å². The number of hydrogen-bond acceptors (Lipinski definition) is 2. The molecule has 1 aliphatic rings. The number of nitrogens with zero attached hydrogens (tertiary/aromatic N) is 1. The second-order valence-electron chi connectivity index (χ2n) is 4.85. The van der Waals surface area contributed by atoms with Gasteiger partial charge in [-0.1, -0.05) is 13.8 Å². The van der Waals surface area contributed by atoms with Gasteiger partial charge in [-0.05, 0) is 18.1 Å². The molecule has 0 bridgehead atoms. The lowest BCUT2D eigenvalue weighted by molar-refractivity contribution is 0.368. The Morgan fingerprint density at radius 3 is 2.71 bits per heavy atom. The lowest BCUT2D eigenvalue weighted by atomic mass is 10.0. The first kappa shape index (κ1) is 12.3. The minimum Gasteiger partial charge on any atom is -0.369 e. The second-order valence-corrected chi connectivity index (χ2v) is 4.85. The Morgan fingerprint density at radius 1 is 1.29 bits per heavy atom. The van der Waals surface area contributed by atoms with Crippen LogP contribution in [0.3, 0.4) is 0 Å². The molecule has 17 heavy (non-hydrogen) atoms. The van der Waals surface area contributed by atoms with Crippen LogP contribution >= 0.6 is 0 Å². The monoisotopic (exact) mass is 240 g/mol. The van der Waals surface area contributed by atoms with Crippen LogP contribution in [0.5, 0.6) is 0 Å². The molecule has 1 aromatic carbocycles. The van der Waals surface area contributed by atoms with E-state index >= 15 is 0 Å². The molecular weight excluding hydrogens is 222 g/mol. The minimum absolute atomic E-state index is 0.400. The fourth-order valence-electron chi connectivity index (χ4n) is 2.14. The summed E-state index contributed by atoms with van der Waals surface area (Å²) in [4.78, 5) is 2.10. The molecule has 1 aliphatic heterocycles. The summed E-state index contributed by atoms with van der Waals surface area (Å²) < 4.78 is 26.0. The Labute approximate surface area is 101 Å². The number of benzene rings is 1. The zero-order valence-electron chi connectivity index (χ0n) is 10.2. The molecule has 0 aromatic heterocycles. The van der Waals surface area contributed by atoms with E-state index in [-0.39, 0.29) is 0 Å². The van der Waals surface area contributed by atoms with Gasteiger partial charge in [-0.25, -0.2) is 8.78 Å². The highest BCUT2D eigenvalue weighted by Gasteiger charge is 2.22. The molecule has 0 saturated carbocycles. The van der Waals surface area contributed by atoms with E-state index in [0.717, 1.165) is 25.3 Å². The molecule has 1 heterocycles. The average Bonchev–Trinajstić information content (AvgIpc) is 2.33. The standard InChI is InChI=1S/C13H18F2N2/c1-9(2)13-8-17(6-5-16-13)10-3-4-11(14)12(15)7-10/h3-4,7,9,13,16H,5-6,8H2,1-2H3. The molecule has 1 aromatic rings.